The third kappa shape index (κ3) is 4.30. The first-order chi connectivity index (χ1) is 13.0. The van der Waals surface area contributed by atoms with Gasteiger partial charge in [-0.25, -0.2) is 4.79 Å². The Balaban J connectivity index is 1.58. The molecule has 3 rings (SSSR count). The number of benzene rings is 2. The molecule has 1 saturated heterocycles. The number of methoxy groups -OCH3 is 1. The molecule has 0 bridgehead atoms. The Kier molecular flexibility index (Phi) is 5.79. The number of rotatable bonds is 4. The van der Waals surface area contributed by atoms with Crippen molar-refractivity contribution in [2.75, 3.05) is 32.1 Å². The molecule has 0 aliphatic carbocycles. The zero-order valence-corrected chi connectivity index (χ0v) is 16.1. The molecule has 2 aromatic carbocycles. The van der Waals surface area contributed by atoms with Gasteiger partial charge in [-0.1, -0.05) is 29.8 Å². The first-order valence-electron chi connectivity index (χ1n) is 9.27. The second kappa shape index (κ2) is 8.25. The summed E-state index contributed by atoms with van der Waals surface area (Å²) in [5.74, 6) is 0.934. The van der Waals surface area contributed by atoms with E-state index in [-0.39, 0.29) is 17.7 Å². The minimum absolute atomic E-state index is 0.0111. The van der Waals surface area contributed by atoms with Crippen LogP contribution in [0.15, 0.2) is 48.5 Å². The van der Waals surface area contributed by atoms with E-state index in [1.165, 1.54) is 0 Å². The summed E-state index contributed by atoms with van der Waals surface area (Å²) in [6.07, 6.45) is 1.41. The Labute approximate surface area is 160 Å². The largest absolute Gasteiger partial charge is 0.497 e. The summed E-state index contributed by atoms with van der Waals surface area (Å²) in [6, 6.07) is 15.1. The predicted octanol–water partition coefficient (Wildman–Crippen LogP) is 4.15. The summed E-state index contributed by atoms with van der Waals surface area (Å²) in [4.78, 5) is 28.9. The molecular formula is C22H26N2O3. The standard InChI is InChI=1S/C22H26N2O3/c1-16-4-6-17(7-5-16)21(25)18-12-14-24(15-13-18)22(26)23(2)19-8-10-20(27-3)11-9-19/h4-11,18H,12-15H2,1-3H3. The number of nitrogens with zero attached hydrogens (tertiary/aromatic N) is 2. The first kappa shape index (κ1) is 19.0. The number of hydrogen-bond acceptors (Lipinski definition) is 3. The highest BCUT2D eigenvalue weighted by atomic mass is 16.5. The minimum atomic E-state index is -0.0404. The maximum Gasteiger partial charge on any atom is 0.324 e. The number of urea groups is 1. The molecule has 0 saturated carbocycles. The fraction of sp³-hybridized carbons (Fsp3) is 0.364. The van der Waals surface area contributed by atoms with E-state index in [2.05, 4.69) is 0 Å². The van der Waals surface area contributed by atoms with Gasteiger partial charge in [-0.05, 0) is 44.0 Å². The lowest BCUT2D eigenvalue weighted by molar-refractivity contribution is 0.0857. The molecule has 0 unspecified atom stereocenters. The SMILES string of the molecule is COc1ccc(N(C)C(=O)N2CCC(C(=O)c3ccc(C)cc3)CC2)cc1. The Morgan fingerprint density at radius 2 is 1.59 bits per heavy atom. The third-order valence-corrected chi connectivity index (χ3v) is 5.22. The molecule has 0 N–H and O–H groups in total. The van der Waals surface area contributed by atoms with Gasteiger partial charge in [0.05, 0.1) is 7.11 Å². The summed E-state index contributed by atoms with van der Waals surface area (Å²) in [7, 11) is 3.39. The lowest BCUT2D eigenvalue weighted by Crippen LogP contribution is -2.46. The normalized spacial score (nSPS) is 14.7. The molecule has 1 aliphatic rings. The van der Waals surface area contributed by atoms with Crippen LogP contribution in [0.25, 0.3) is 0 Å². The molecule has 0 spiro atoms. The summed E-state index contributed by atoms with van der Waals surface area (Å²) < 4.78 is 5.16. The maximum atomic E-state index is 12.8. The molecule has 5 heteroatoms. The lowest BCUT2D eigenvalue weighted by atomic mass is 9.89. The van der Waals surface area contributed by atoms with Gasteiger partial charge < -0.3 is 9.64 Å². The van der Waals surface area contributed by atoms with E-state index in [1.54, 1.807) is 19.1 Å². The molecular weight excluding hydrogens is 340 g/mol. The number of ketones is 1. The average molecular weight is 366 g/mol. The second-order valence-electron chi connectivity index (χ2n) is 7.03. The molecule has 0 atom stereocenters. The molecule has 0 aromatic heterocycles. The van der Waals surface area contributed by atoms with Gasteiger partial charge in [0.15, 0.2) is 5.78 Å². The van der Waals surface area contributed by atoms with Crippen molar-refractivity contribution >= 4 is 17.5 Å². The highest BCUT2D eigenvalue weighted by Crippen LogP contribution is 2.24. The summed E-state index contributed by atoms with van der Waals surface area (Å²) >= 11 is 0. The first-order valence-corrected chi connectivity index (χ1v) is 9.27. The van der Waals surface area contributed by atoms with E-state index < -0.39 is 0 Å². The van der Waals surface area contributed by atoms with Crippen LogP contribution in [0.1, 0.15) is 28.8 Å². The number of carbonyl (C=O) groups excluding carboxylic acids is 2. The van der Waals surface area contributed by atoms with Crippen molar-refractivity contribution in [3.05, 3.63) is 59.7 Å². The van der Waals surface area contributed by atoms with Gasteiger partial charge in [-0.2, -0.15) is 0 Å². The van der Waals surface area contributed by atoms with Crippen LogP contribution >= 0.6 is 0 Å². The number of piperidine rings is 1. The summed E-state index contributed by atoms with van der Waals surface area (Å²) in [6.45, 7) is 3.21. The molecule has 1 aliphatic heterocycles. The highest BCUT2D eigenvalue weighted by Gasteiger charge is 2.29. The number of amides is 2. The Hall–Kier alpha value is -2.82. The van der Waals surface area contributed by atoms with Crippen molar-refractivity contribution in [1.82, 2.24) is 4.90 Å². The average Bonchev–Trinajstić information content (AvgIpc) is 2.73. The van der Waals surface area contributed by atoms with E-state index in [1.807, 2.05) is 60.4 Å². The van der Waals surface area contributed by atoms with E-state index >= 15 is 0 Å². The van der Waals surface area contributed by atoms with Crippen molar-refractivity contribution in [2.45, 2.75) is 19.8 Å². The summed E-state index contributed by atoms with van der Waals surface area (Å²) in [5.41, 5.74) is 2.73. The minimum Gasteiger partial charge on any atom is -0.497 e. The predicted molar refractivity (Wildman–Crippen MR) is 107 cm³/mol. The maximum absolute atomic E-state index is 12.8. The quantitative estimate of drug-likeness (QED) is 0.764. The molecule has 2 aromatic rings. The molecule has 0 radical (unpaired) electrons. The summed E-state index contributed by atoms with van der Waals surface area (Å²) in [5, 5.41) is 0. The van der Waals surface area contributed by atoms with Crippen LogP contribution in [0.5, 0.6) is 5.75 Å². The van der Waals surface area contributed by atoms with E-state index in [4.69, 9.17) is 4.74 Å². The Bertz CT molecular complexity index is 791. The zero-order valence-electron chi connectivity index (χ0n) is 16.1. The van der Waals surface area contributed by atoms with Crippen LogP contribution in [0.2, 0.25) is 0 Å². The molecule has 27 heavy (non-hydrogen) atoms. The smallest absolute Gasteiger partial charge is 0.324 e. The highest BCUT2D eigenvalue weighted by molar-refractivity contribution is 5.98. The van der Waals surface area contributed by atoms with Gasteiger partial charge >= 0.3 is 6.03 Å². The van der Waals surface area contributed by atoms with E-state index in [0.29, 0.717) is 25.9 Å². The van der Waals surface area contributed by atoms with E-state index in [0.717, 1.165) is 22.6 Å². The van der Waals surface area contributed by atoms with Gasteiger partial charge in [0.2, 0.25) is 0 Å². The molecule has 1 heterocycles. The van der Waals surface area contributed by atoms with Crippen LogP contribution in [0.3, 0.4) is 0 Å². The third-order valence-electron chi connectivity index (χ3n) is 5.22. The number of Topliss-reactive ketones (excluding diaryl/α,β-unsaturated/α-hetero) is 1. The fourth-order valence-electron chi connectivity index (χ4n) is 3.41. The van der Waals surface area contributed by atoms with Crippen molar-refractivity contribution in [2.24, 2.45) is 5.92 Å². The van der Waals surface area contributed by atoms with Crippen molar-refractivity contribution in [3.8, 4) is 5.75 Å². The number of likely N-dealkylation sites (tertiary alicyclic amines) is 1. The fourth-order valence-corrected chi connectivity index (χ4v) is 3.41. The molecule has 5 nitrogen and oxygen atoms in total. The lowest BCUT2D eigenvalue weighted by Gasteiger charge is -2.34. The van der Waals surface area contributed by atoms with Crippen molar-refractivity contribution in [1.29, 1.82) is 0 Å². The Morgan fingerprint density at radius 1 is 1.00 bits per heavy atom. The number of ether oxygens (including phenoxy) is 1. The van der Waals surface area contributed by atoms with Crippen LogP contribution in [0.4, 0.5) is 10.5 Å². The number of aryl methyl sites for hydroxylation is 1. The molecule has 1 fully saturated rings. The zero-order chi connectivity index (χ0) is 19.4. The second-order valence-corrected chi connectivity index (χ2v) is 7.03. The number of anilines is 1. The van der Waals surface area contributed by atoms with Gasteiger partial charge in [-0.3, -0.25) is 9.69 Å². The molecule has 142 valence electrons. The van der Waals surface area contributed by atoms with E-state index in [9.17, 15) is 9.59 Å². The monoisotopic (exact) mass is 366 g/mol. The molecule has 2 amide bonds. The number of carbonyl (C=O) groups is 2. The van der Waals surface area contributed by atoms with Gasteiger partial charge in [0, 0.05) is 37.3 Å². The van der Waals surface area contributed by atoms with Gasteiger partial charge in [0.25, 0.3) is 0 Å². The van der Waals surface area contributed by atoms with Crippen LogP contribution in [-0.2, 0) is 0 Å². The number of hydrogen-bond donors (Lipinski definition) is 0. The van der Waals surface area contributed by atoms with Crippen LogP contribution in [0, 0.1) is 12.8 Å². The Morgan fingerprint density at radius 3 is 2.15 bits per heavy atom. The van der Waals surface area contributed by atoms with Crippen LogP contribution < -0.4 is 9.64 Å². The van der Waals surface area contributed by atoms with Crippen molar-refractivity contribution in [3.63, 3.8) is 0 Å². The van der Waals surface area contributed by atoms with Gasteiger partial charge in [-0.15, -0.1) is 0 Å². The van der Waals surface area contributed by atoms with Crippen LogP contribution in [-0.4, -0.2) is 44.0 Å². The van der Waals surface area contributed by atoms with Crippen molar-refractivity contribution < 1.29 is 14.3 Å². The topological polar surface area (TPSA) is 49.9 Å². The van der Waals surface area contributed by atoms with Gasteiger partial charge in [0.1, 0.15) is 5.75 Å².